The molecule has 1 aliphatic rings. The van der Waals surface area contributed by atoms with E-state index in [1.807, 2.05) is 30.1 Å². The third-order valence-electron chi connectivity index (χ3n) is 2.70. The molecule has 1 heterocycles. The van der Waals surface area contributed by atoms with Gasteiger partial charge < -0.3 is 15.6 Å². The van der Waals surface area contributed by atoms with E-state index in [4.69, 9.17) is 5.73 Å². The summed E-state index contributed by atoms with van der Waals surface area (Å²) >= 11 is 0. The molecule has 1 aromatic heterocycles. The molecule has 14 heavy (non-hydrogen) atoms. The zero-order valence-electron chi connectivity index (χ0n) is 8.29. The van der Waals surface area contributed by atoms with Gasteiger partial charge in [-0.05, 0) is 24.5 Å². The molecule has 0 saturated heterocycles. The van der Waals surface area contributed by atoms with Gasteiger partial charge in [0.15, 0.2) is 0 Å². The van der Waals surface area contributed by atoms with Gasteiger partial charge >= 0.3 is 0 Å². The standard InChI is InChI=1S/C10H15N3O/c1-13-5-2-8(7-13)10(3-4-10)12-9(14)6-11/h2,5,7H,3-4,6,11H2,1H3,(H,12,14). The molecule has 2 rings (SSSR count). The van der Waals surface area contributed by atoms with Crippen LogP contribution in [0.1, 0.15) is 18.4 Å². The fourth-order valence-corrected chi connectivity index (χ4v) is 1.72. The molecule has 4 heteroatoms. The number of nitrogens with zero attached hydrogens (tertiary/aromatic N) is 1. The lowest BCUT2D eigenvalue weighted by atomic mass is 10.1. The van der Waals surface area contributed by atoms with Gasteiger partial charge in [0, 0.05) is 19.4 Å². The molecule has 1 amide bonds. The fraction of sp³-hybridized carbons (Fsp3) is 0.500. The van der Waals surface area contributed by atoms with Gasteiger partial charge in [0.2, 0.25) is 5.91 Å². The summed E-state index contributed by atoms with van der Waals surface area (Å²) < 4.78 is 1.99. The highest BCUT2D eigenvalue weighted by Gasteiger charge is 2.45. The van der Waals surface area contributed by atoms with Crippen molar-refractivity contribution < 1.29 is 4.79 Å². The lowest BCUT2D eigenvalue weighted by Gasteiger charge is -2.15. The zero-order chi connectivity index (χ0) is 10.2. The van der Waals surface area contributed by atoms with E-state index >= 15 is 0 Å². The first-order valence-electron chi connectivity index (χ1n) is 4.80. The lowest BCUT2D eigenvalue weighted by molar-refractivity contribution is -0.120. The lowest BCUT2D eigenvalue weighted by Crippen LogP contribution is -2.38. The Bertz CT molecular complexity index is 352. The zero-order valence-corrected chi connectivity index (χ0v) is 8.29. The maximum atomic E-state index is 11.2. The Morgan fingerprint density at radius 2 is 2.43 bits per heavy atom. The van der Waals surface area contributed by atoms with Gasteiger partial charge in [-0.1, -0.05) is 0 Å². The minimum atomic E-state index is -0.113. The predicted molar refractivity (Wildman–Crippen MR) is 53.5 cm³/mol. The molecular formula is C10H15N3O. The number of carbonyl (C=O) groups is 1. The summed E-state index contributed by atoms with van der Waals surface area (Å²) in [6, 6.07) is 2.05. The van der Waals surface area contributed by atoms with Crippen LogP contribution in [0.2, 0.25) is 0 Å². The maximum Gasteiger partial charge on any atom is 0.234 e. The van der Waals surface area contributed by atoms with Crippen molar-refractivity contribution in [2.45, 2.75) is 18.4 Å². The summed E-state index contributed by atoms with van der Waals surface area (Å²) in [6.07, 6.45) is 6.07. The van der Waals surface area contributed by atoms with Crippen LogP contribution in [0.15, 0.2) is 18.5 Å². The van der Waals surface area contributed by atoms with Crippen LogP contribution < -0.4 is 11.1 Å². The topological polar surface area (TPSA) is 60.0 Å². The molecule has 4 nitrogen and oxygen atoms in total. The smallest absolute Gasteiger partial charge is 0.234 e. The van der Waals surface area contributed by atoms with E-state index in [1.54, 1.807) is 0 Å². The minimum Gasteiger partial charge on any atom is -0.357 e. The molecule has 1 fully saturated rings. The second-order valence-electron chi connectivity index (χ2n) is 3.90. The number of aromatic nitrogens is 1. The molecule has 0 unspecified atom stereocenters. The van der Waals surface area contributed by atoms with Gasteiger partial charge in [0.1, 0.15) is 0 Å². The van der Waals surface area contributed by atoms with Crippen molar-refractivity contribution in [3.63, 3.8) is 0 Å². The highest BCUT2D eigenvalue weighted by molar-refractivity contribution is 5.79. The van der Waals surface area contributed by atoms with Crippen molar-refractivity contribution in [3.8, 4) is 0 Å². The van der Waals surface area contributed by atoms with E-state index in [2.05, 4.69) is 5.32 Å². The van der Waals surface area contributed by atoms with E-state index in [-0.39, 0.29) is 18.0 Å². The number of carbonyl (C=O) groups excluding carboxylic acids is 1. The van der Waals surface area contributed by atoms with Crippen molar-refractivity contribution in [2.24, 2.45) is 12.8 Å². The van der Waals surface area contributed by atoms with E-state index in [9.17, 15) is 4.79 Å². The number of hydrogen-bond acceptors (Lipinski definition) is 2. The highest BCUT2D eigenvalue weighted by Crippen LogP contribution is 2.45. The van der Waals surface area contributed by atoms with Crippen LogP contribution in [-0.4, -0.2) is 17.0 Å². The molecule has 0 aliphatic heterocycles. The monoisotopic (exact) mass is 193 g/mol. The summed E-state index contributed by atoms with van der Waals surface area (Å²) in [7, 11) is 1.98. The molecule has 3 N–H and O–H groups in total. The van der Waals surface area contributed by atoms with E-state index in [0.29, 0.717) is 0 Å². The molecule has 1 saturated carbocycles. The van der Waals surface area contributed by atoms with Crippen molar-refractivity contribution >= 4 is 5.91 Å². The second kappa shape index (κ2) is 3.13. The van der Waals surface area contributed by atoms with Crippen LogP contribution in [0.3, 0.4) is 0 Å². The summed E-state index contributed by atoms with van der Waals surface area (Å²) in [5.74, 6) is -0.0775. The SMILES string of the molecule is Cn1ccc(C2(NC(=O)CN)CC2)c1. The largest absolute Gasteiger partial charge is 0.357 e. The highest BCUT2D eigenvalue weighted by atomic mass is 16.2. The van der Waals surface area contributed by atoms with Crippen molar-refractivity contribution in [1.82, 2.24) is 9.88 Å². The molecular weight excluding hydrogens is 178 g/mol. The number of nitrogens with one attached hydrogen (secondary N) is 1. The summed E-state index contributed by atoms with van der Waals surface area (Å²) in [6.45, 7) is 0.0641. The summed E-state index contributed by atoms with van der Waals surface area (Å²) in [4.78, 5) is 11.2. The third-order valence-corrected chi connectivity index (χ3v) is 2.70. The Morgan fingerprint density at radius 3 is 2.86 bits per heavy atom. The number of nitrogens with two attached hydrogens (primary N) is 1. The number of amides is 1. The first-order chi connectivity index (χ1) is 6.66. The Balaban J connectivity index is 2.13. The van der Waals surface area contributed by atoms with Gasteiger partial charge in [-0.3, -0.25) is 4.79 Å². The predicted octanol–water partition coefficient (Wildman–Crippen LogP) is 0.0891. The van der Waals surface area contributed by atoms with E-state index < -0.39 is 0 Å². The average Bonchev–Trinajstić information content (AvgIpc) is 2.81. The second-order valence-corrected chi connectivity index (χ2v) is 3.90. The molecule has 76 valence electrons. The van der Waals surface area contributed by atoms with Crippen molar-refractivity contribution in [3.05, 3.63) is 24.0 Å². The number of hydrogen-bond donors (Lipinski definition) is 2. The van der Waals surface area contributed by atoms with Crippen LogP contribution in [0.4, 0.5) is 0 Å². The van der Waals surface area contributed by atoms with Crippen LogP contribution in [0.5, 0.6) is 0 Å². The van der Waals surface area contributed by atoms with Gasteiger partial charge in [-0.25, -0.2) is 0 Å². The van der Waals surface area contributed by atoms with Crippen molar-refractivity contribution in [2.75, 3.05) is 6.54 Å². The molecule has 0 bridgehead atoms. The van der Waals surface area contributed by atoms with Crippen LogP contribution in [-0.2, 0) is 17.4 Å². The molecule has 0 aromatic carbocycles. The Labute approximate surface area is 83.1 Å². The Morgan fingerprint density at radius 1 is 1.71 bits per heavy atom. The van der Waals surface area contributed by atoms with Gasteiger partial charge in [0.25, 0.3) is 0 Å². The third kappa shape index (κ3) is 1.53. The summed E-state index contributed by atoms with van der Waals surface area (Å²) in [5, 5.41) is 2.97. The van der Waals surface area contributed by atoms with Crippen molar-refractivity contribution in [1.29, 1.82) is 0 Å². The Hall–Kier alpha value is -1.29. The van der Waals surface area contributed by atoms with Crippen LogP contribution >= 0.6 is 0 Å². The number of aryl methyl sites for hydroxylation is 1. The number of rotatable bonds is 3. The summed E-state index contributed by atoms with van der Waals surface area (Å²) in [5.41, 5.74) is 6.34. The molecule has 1 aromatic rings. The van der Waals surface area contributed by atoms with Gasteiger partial charge in [-0.15, -0.1) is 0 Å². The minimum absolute atomic E-state index is 0.0641. The molecule has 0 spiro atoms. The first kappa shape index (κ1) is 9.27. The molecule has 0 atom stereocenters. The van der Waals surface area contributed by atoms with Crippen LogP contribution in [0, 0.1) is 0 Å². The quantitative estimate of drug-likeness (QED) is 0.714. The first-order valence-corrected chi connectivity index (χ1v) is 4.80. The molecule has 1 aliphatic carbocycles. The van der Waals surface area contributed by atoms with Crippen LogP contribution in [0.25, 0.3) is 0 Å². The van der Waals surface area contributed by atoms with E-state index in [1.165, 1.54) is 5.56 Å². The fourth-order valence-electron chi connectivity index (χ4n) is 1.72. The van der Waals surface area contributed by atoms with E-state index in [0.717, 1.165) is 12.8 Å². The maximum absolute atomic E-state index is 11.2. The Kier molecular flexibility index (Phi) is 2.07. The van der Waals surface area contributed by atoms with Gasteiger partial charge in [-0.2, -0.15) is 0 Å². The normalized spacial score (nSPS) is 17.9. The van der Waals surface area contributed by atoms with Gasteiger partial charge in [0.05, 0.1) is 12.1 Å². The molecule has 0 radical (unpaired) electrons. The average molecular weight is 193 g/mol.